The standard InChI is InChI=1S/C12H12O2S.C11H12OS.C11H10OS.C9H9FO.C3H6O2S/c1-3-8-9-6-4-5-7-10(9)15-11(8)12(13)14-2;2*1-2-8-9-5-3-4-6-10(9)13-11(8)7-12;1-2-9(11)7-5-3-4-6-8(7)10;1-5-3(4)2-6/h4-7H,3H2,1-2H3;3-6,12H,2,7H2,1H3;3-7H,2H2,1H3;3-6H,2H2,1H3;6H,2H2,1H3. The summed E-state index contributed by atoms with van der Waals surface area (Å²) in [5.74, 6) is -0.940. The van der Waals surface area contributed by atoms with Crippen molar-refractivity contribution in [1.82, 2.24) is 0 Å². The van der Waals surface area contributed by atoms with Crippen molar-refractivity contribution in [1.29, 1.82) is 0 Å². The highest BCUT2D eigenvalue weighted by molar-refractivity contribution is 7.81. The first kappa shape index (κ1) is 47.7. The molecule has 58 heavy (non-hydrogen) atoms. The molecule has 0 radical (unpaired) electrons. The quantitative estimate of drug-likeness (QED) is 0.0644. The molecule has 0 aliphatic carbocycles. The van der Waals surface area contributed by atoms with Crippen LogP contribution >= 0.6 is 46.6 Å². The second-order valence-corrected chi connectivity index (χ2v) is 15.8. The monoisotopic (exact) mass is 860 g/mol. The van der Waals surface area contributed by atoms with Crippen LogP contribution in [-0.2, 0) is 40.1 Å². The average Bonchev–Trinajstić information content (AvgIpc) is 3.97. The summed E-state index contributed by atoms with van der Waals surface area (Å²) in [5.41, 5.74) is 3.79. The predicted molar refractivity (Wildman–Crippen MR) is 243 cm³/mol. The maximum Gasteiger partial charge on any atom is 0.348 e. The fraction of sp³-hybridized carbons (Fsp3) is 0.261. The van der Waals surface area contributed by atoms with Crippen molar-refractivity contribution in [2.75, 3.05) is 20.0 Å². The lowest BCUT2D eigenvalue weighted by Crippen LogP contribution is -2.01. The number of halogens is 1. The van der Waals surface area contributed by atoms with Crippen LogP contribution in [-0.4, -0.2) is 49.1 Å². The molecule has 3 aromatic heterocycles. The molecule has 12 heteroatoms. The molecular weight excluding hydrogens is 812 g/mol. The summed E-state index contributed by atoms with van der Waals surface area (Å²) < 4.78 is 25.4. The number of aryl methyl sites for hydroxylation is 3. The molecule has 0 aliphatic rings. The van der Waals surface area contributed by atoms with Crippen molar-refractivity contribution in [3.8, 4) is 0 Å². The molecule has 0 saturated carbocycles. The van der Waals surface area contributed by atoms with Gasteiger partial charge in [-0.05, 0) is 82.4 Å². The lowest BCUT2D eigenvalue weighted by molar-refractivity contribution is -0.137. The number of esters is 2. The van der Waals surface area contributed by atoms with Gasteiger partial charge in [-0.2, -0.15) is 12.6 Å². The van der Waals surface area contributed by atoms with Crippen LogP contribution < -0.4 is 0 Å². The van der Waals surface area contributed by atoms with Gasteiger partial charge in [0.1, 0.15) is 10.7 Å². The summed E-state index contributed by atoms with van der Waals surface area (Å²) in [6, 6.07) is 30.6. The van der Waals surface area contributed by atoms with Crippen LogP contribution in [0, 0.1) is 5.82 Å². The molecule has 7 rings (SSSR count). The first-order chi connectivity index (χ1) is 28.1. The number of benzene rings is 4. The maximum absolute atomic E-state index is 12.8. The fourth-order valence-corrected chi connectivity index (χ4v) is 9.50. The Kier molecular flexibility index (Phi) is 20.5. The number of hydrogen-bond acceptors (Lipinski definition) is 11. The SMILES string of the molecule is CCC(=O)c1ccccc1F.CCc1c(C(=O)OC)sc2ccccc12.CCc1c(C=O)sc2ccccc12.CCc1c(CO)sc2ccccc12.COC(=O)CS. The molecule has 1 N–H and O–H groups in total. The summed E-state index contributed by atoms with van der Waals surface area (Å²) in [6.07, 6.45) is 4.09. The van der Waals surface area contributed by atoms with Crippen LogP contribution in [0.1, 0.15) is 85.4 Å². The fourth-order valence-electron chi connectivity index (χ4n) is 5.89. The van der Waals surface area contributed by atoms with Gasteiger partial charge in [0.25, 0.3) is 0 Å². The first-order valence-corrected chi connectivity index (χ1v) is 21.7. The van der Waals surface area contributed by atoms with Crippen molar-refractivity contribution < 1.29 is 38.1 Å². The van der Waals surface area contributed by atoms with Gasteiger partial charge in [-0.25, -0.2) is 9.18 Å². The Bertz CT molecular complexity index is 2400. The van der Waals surface area contributed by atoms with E-state index in [1.807, 2.05) is 36.4 Å². The smallest absolute Gasteiger partial charge is 0.348 e. The van der Waals surface area contributed by atoms with Gasteiger partial charge in [-0.1, -0.05) is 94.4 Å². The third-order valence-corrected chi connectivity index (χ3v) is 12.5. The molecule has 7 aromatic rings. The second kappa shape index (κ2) is 24.9. The normalized spacial score (nSPS) is 10.2. The zero-order chi connectivity index (χ0) is 42.6. The Hall–Kier alpha value is -4.72. The van der Waals surface area contributed by atoms with Crippen LogP contribution in [0.25, 0.3) is 30.3 Å². The summed E-state index contributed by atoms with van der Waals surface area (Å²) in [4.78, 5) is 45.9. The number of ether oxygens (including phenoxy) is 2. The third-order valence-electron chi connectivity index (χ3n) is 8.74. The third kappa shape index (κ3) is 12.6. The van der Waals surface area contributed by atoms with E-state index in [1.165, 1.54) is 74.4 Å². The van der Waals surface area contributed by atoms with Gasteiger partial charge in [-0.15, -0.1) is 34.0 Å². The molecule has 0 fully saturated rings. The molecule has 0 aliphatic heterocycles. The Morgan fingerprint density at radius 3 is 1.60 bits per heavy atom. The highest BCUT2D eigenvalue weighted by Gasteiger charge is 2.17. The Labute approximate surface area is 356 Å². The lowest BCUT2D eigenvalue weighted by atomic mass is 10.1. The zero-order valence-electron chi connectivity index (χ0n) is 33.5. The topological polar surface area (TPSA) is 107 Å². The highest BCUT2D eigenvalue weighted by atomic mass is 32.1. The van der Waals surface area contributed by atoms with E-state index in [9.17, 15) is 23.6 Å². The number of Topliss-reactive ketones (excluding diaryl/α,β-unsaturated/α-hetero) is 1. The zero-order valence-corrected chi connectivity index (χ0v) is 36.8. The van der Waals surface area contributed by atoms with Crippen molar-refractivity contribution in [3.63, 3.8) is 0 Å². The van der Waals surface area contributed by atoms with E-state index in [-0.39, 0.29) is 35.6 Å². The van der Waals surface area contributed by atoms with Crippen LogP contribution in [0.4, 0.5) is 4.39 Å². The molecule has 0 bridgehead atoms. The molecule has 7 nitrogen and oxygen atoms in total. The summed E-state index contributed by atoms with van der Waals surface area (Å²) >= 11 is 8.41. The Balaban J connectivity index is 0.000000199. The number of methoxy groups -OCH3 is 2. The Morgan fingerprint density at radius 2 is 1.16 bits per heavy atom. The maximum atomic E-state index is 12.8. The van der Waals surface area contributed by atoms with Crippen molar-refractivity contribution in [2.24, 2.45) is 0 Å². The molecule has 0 unspecified atom stereocenters. The number of aliphatic hydroxyl groups is 1. The lowest BCUT2D eigenvalue weighted by Gasteiger charge is -1.98. The van der Waals surface area contributed by atoms with E-state index in [0.717, 1.165) is 50.4 Å². The van der Waals surface area contributed by atoms with Crippen LogP contribution in [0.2, 0.25) is 0 Å². The van der Waals surface area contributed by atoms with Gasteiger partial charge in [0.05, 0.1) is 37.0 Å². The Morgan fingerprint density at radius 1 is 0.672 bits per heavy atom. The predicted octanol–water partition coefficient (Wildman–Crippen LogP) is 12.0. The summed E-state index contributed by atoms with van der Waals surface area (Å²) in [7, 11) is 2.75. The molecule has 3 heterocycles. The second-order valence-electron chi connectivity index (χ2n) is 12.2. The van der Waals surface area contributed by atoms with E-state index in [1.54, 1.807) is 41.7 Å². The van der Waals surface area contributed by atoms with Crippen LogP contribution in [0.15, 0.2) is 97.1 Å². The molecule has 306 valence electrons. The number of hydrogen-bond donors (Lipinski definition) is 2. The number of aldehydes is 1. The first-order valence-electron chi connectivity index (χ1n) is 18.7. The largest absolute Gasteiger partial charge is 0.468 e. The minimum absolute atomic E-state index is 0.150. The van der Waals surface area contributed by atoms with E-state index in [2.05, 4.69) is 74.5 Å². The summed E-state index contributed by atoms with van der Waals surface area (Å²) in [5, 5.41) is 12.9. The molecule has 0 spiro atoms. The molecule has 4 aromatic carbocycles. The minimum atomic E-state index is -0.431. The van der Waals surface area contributed by atoms with Gasteiger partial charge in [0.15, 0.2) is 12.1 Å². The minimum Gasteiger partial charge on any atom is -0.468 e. The number of fused-ring (bicyclic) bond motifs is 3. The number of carbonyl (C=O) groups is 4. The molecule has 0 amide bonds. The summed E-state index contributed by atoms with van der Waals surface area (Å²) in [6.45, 7) is 8.16. The number of thiol groups is 1. The molecule has 0 atom stereocenters. The van der Waals surface area contributed by atoms with Gasteiger partial charge >= 0.3 is 11.9 Å². The van der Waals surface area contributed by atoms with Gasteiger partial charge in [0, 0.05) is 25.4 Å². The number of rotatable bonds is 9. The van der Waals surface area contributed by atoms with E-state index in [0.29, 0.717) is 6.42 Å². The van der Waals surface area contributed by atoms with Gasteiger partial charge < -0.3 is 14.6 Å². The number of aliphatic hydroxyl groups excluding tert-OH is 1. The van der Waals surface area contributed by atoms with Gasteiger partial charge in [0.2, 0.25) is 0 Å². The molecule has 0 saturated heterocycles. The number of ketones is 1. The van der Waals surface area contributed by atoms with Crippen molar-refractivity contribution >= 4 is 101 Å². The van der Waals surface area contributed by atoms with E-state index in [4.69, 9.17) is 9.84 Å². The van der Waals surface area contributed by atoms with Crippen LogP contribution in [0.5, 0.6) is 0 Å². The molecular formula is C46H49FO7S4. The van der Waals surface area contributed by atoms with Gasteiger partial charge in [-0.3, -0.25) is 14.4 Å². The van der Waals surface area contributed by atoms with Crippen molar-refractivity contribution in [3.05, 3.63) is 140 Å². The average molecular weight is 861 g/mol. The van der Waals surface area contributed by atoms with E-state index < -0.39 is 5.82 Å². The number of carbonyl (C=O) groups excluding carboxylic acids is 4. The van der Waals surface area contributed by atoms with Crippen LogP contribution in [0.3, 0.4) is 0 Å². The number of thiophene rings is 3. The van der Waals surface area contributed by atoms with Crippen molar-refractivity contribution in [2.45, 2.75) is 60.0 Å². The highest BCUT2D eigenvalue weighted by Crippen LogP contribution is 2.33. The van der Waals surface area contributed by atoms with E-state index >= 15 is 0 Å².